The van der Waals surface area contributed by atoms with Crippen LogP contribution in [0.1, 0.15) is 30.6 Å². The van der Waals surface area contributed by atoms with Crippen LogP contribution in [0.15, 0.2) is 18.2 Å². The van der Waals surface area contributed by atoms with Gasteiger partial charge in [-0.3, -0.25) is 4.79 Å². The smallest absolute Gasteiger partial charge is 0.251 e. The summed E-state index contributed by atoms with van der Waals surface area (Å²) in [6.07, 6.45) is 0.483. The van der Waals surface area contributed by atoms with Gasteiger partial charge in [0, 0.05) is 18.5 Å². The first-order valence-electron chi connectivity index (χ1n) is 6.54. The molecule has 0 aliphatic carbocycles. The predicted molar refractivity (Wildman–Crippen MR) is 82.5 cm³/mol. The Morgan fingerprint density at radius 2 is 1.90 bits per heavy atom. The summed E-state index contributed by atoms with van der Waals surface area (Å²) < 4.78 is 10.9. The molecule has 0 atom stereocenters. The molecule has 3 N–H and O–H groups in total. The quantitative estimate of drug-likeness (QED) is 0.717. The van der Waals surface area contributed by atoms with E-state index in [0.717, 1.165) is 0 Å². The summed E-state index contributed by atoms with van der Waals surface area (Å²) in [5.41, 5.74) is 5.89. The van der Waals surface area contributed by atoms with Crippen LogP contribution in [0, 0.1) is 0 Å². The molecule has 1 amide bonds. The van der Waals surface area contributed by atoms with E-state index < -0.39 is 0 Å². The number of benzene rings is 1. The molecular weight excluding hydrogens is 276 g/mol. The van der Waals surface area contributed by atoms with Gasteiger partial charge in [0.1, 0.15) is 0 Å². The minimum absolute atomic E-state index is 0.190. The lowest BCUT2D eigenvalue weighted by molar-refractivity contribution is 0.0954. The van der Waals surface area contributed by atoms with Gasteiger partial charge in [0.15, 0.2) is 11.5 Å². The maximum Gasteiger partial charge on any atom is 0.251 e. The zero-order chi connectivity index (χ0) is 15.0. The van der Waals surface area contributed by atoms with Crippen LogP contribution < -0.4 is 20.5 Å². The number of nitrogens with two attached hydrogens (primary N) is 1. The Kier molecular flexibility index (Phi) is 6.79. The maximum atomic E-state index is 12.0. The second-order valence-corrected chi connectivity index (χ2v) is 4.52. The van der Waals surface area contributed by atoms with Gasteiger partial charge in [0.05, 0.1) is 18.2 Å². The van der Waals surface area contributed by atoms with Gasteiger partial charge in [0.25, 0.3) is 5.91 Å². The van der Waals surface area contributed by atoms with E-state index in [1.807, 2.05) is 13.8 Å². The molecule has 0 radical (unpaired) electrons. The Labute approximate surface area is 124 Å². The lowest BCUT2D eigenvalue weighted by Gasteiger charge is -2.12. The highest BCUT2D eigenvalue weighted by molar-refractivity contribution is 7.80. The van der Waals surface area contributed by atoms with Crippen molar-refractivity contribution in [1.82, 2.24) is 5.32 Å². The number of ether oxygens (including phenoxy) is 2. The molecule has 0 aliphatic heterocycles. The van der Waals surface area contributed by atoms with Crippen LogP contribution in [0.3, 0.4) is 0 Å². The molecule has 20 heavy (non-hydrogen) atoms. The van der Waals surface area contributed by atoms with Gasteiger partial charge >= 0.3 is 0 Å². The van der Waals surface area contributed by atoms with Crippen molar-refractivity contribution in [1.29, 1.82) is 0 Å². The minimum atomic E-state index is -0.190. The molecule has 0 bridgehead atoms. The molecule has 0 aromatic heterocycles. The van der Waals surface area contributed by atoms with Crippen molar-refractivity contribution >= 4 is 23.1 Å². The van der Waals surface area contributed by atoms with Crippen LogP contribution in [0.2, 0.25) is 0 Å². The molecule has 1 rings (SSSR count). The lowest BCUT2D eigenvalue weighted by Crippen LogP contribution is -2.27. The third-order valence-corrected chi connectivity index (χ3v) is 2.67. The van der Waals surface area contributed by atoms with E-state index >= 15 is 0 Å². The average molecular weight is 296 g/mol. The molecule has 5 nitrogen and oxygen atoms in total. The second kappa shape index (κ2) is 8.37. The lowest BCUT2D eigenvalue weighted by atomic mass is 10.2. The summed E-state index contributed by atoms with van der Waals surface area (Å²) in [5, 5.41) is 2.75. The predicted octanol–water partition coefficient (Wildman–Crippen LogP) is 1.89. The van der Waals surface area contributed by atoms with Gasteiger partial charge < -0.3 is 20.5 Å². The first kappa shape index (κ1) is 16.2. The van der Waals surface area contributed by atoms with Crippen molar-refractivity contribution in [3.8, 4) is 11.5 Å². The number of hydrogen-bond acceptors (Lipinski definition) is 4. The number of hydrogen-bond donors (Lipinski definition) is 2. The van der Waals surface area contributed by atoms with Crippen LogP contribution in [-0.4, -0.2) is 30.7 Å². The van der Waals surface area contributed by atoms with Crippen LogP contribution >= 0.6 is 12.2 Å². The Morgan fingerprint density at radius 1 is 1.25 bits per heavy atom. The summed E-state index contributed by atoms with van der Waals surface area (Å²) in [5.74, 6) is 1.01. The first-order valence-corrected chi connectivity index (χ1v) is 6.95. The summed E-state index contributed by atoms with van der Waals surface area (Å²) in [4.78, 5) is 12.3. The van der Waals surface area contributed by atoms with Gasteiger partial charge in [-0.25, -0.2) is 0 Å². The number of amides is 1. The molecular formula is C14H20N2O3S. The van der Waals surface area contributed by atoms with E-state index in [1.54, 1.807) is 18.2 Å². The van der Waals surface area contributed by atoms with Crippen LogP contribution in [-0.2, 0) is 0 Å². The summed E-state index contributed by atoms with van der Waals surface area (Å²) in [7, 11) is 0. The fraction of sp³-hybridized carbons (Fsp3) is 0.429. The van der Waals surface area contributed by atoms with E-state index in [1.165, 1.54) is 0 Å². The third-order valence-electron chi connectivity index (χ3n) is 2.46. The standard InChI is InChI=1S/C14H20N2O3S/c1-3-18-11-6-5-10(9-12(11)19-4-2)14(17)16-8-7-13(15)20/h5-6,9H,3-4,7-8H2,1-2H3,(H2,15,20)(H,16,17). The van der Waals surface area contributed by atoms with Gasteiger partial charge in [0.2, 0.25) is 0 Å². The van der Waals surface area contributed by atoms with Crippen molar-refractivity contribution in [3.05, 3.63) is 23.8 Å². The topological polar surface area (TPSA) is 73.6 Å². The molecule has 0 fully saturated rings. The molecule has 0 saturated carbocycles. The fourth-order valence-electron chi connectivity index (χ4n) is 1.59. The van der Waals surface area contributed by atoms with Crippen LogP contribution in [0.5, 0.6) is 11.5 Å². The van der Waals surface area contributed by atoms with E-state index in [9.17, 15) is 4.79 Å². The molecule has 0 saturated heterocycles. The number of rotatable bonds is 8. The molecule has 6 heteroatoms. The van der Waals surface area contributed by atoms with Gasteiger partial charge in [-0.2, -0.15) is 0 Å². The van der Waals surface area contributed by atoms with Gasteiger partial charge in [-0.05, 0) is 32.0 Å². The van der Waals surface area contributed by atoms with Crippen LogP contribution in [0.25, 0.3) is 0 Å². The fourth-order valence-corrected chi connectivity index (χ4v) is 1.70. The first-order chi connectivity index (χ1) is 9.58. The van der Waals surface area contributed by atoms with Crippen molar-refractivity contribution in [2.75, 3.05) is 19.8 Å². The molecule has 0 spiro atoms. The molecule has 0 unspecified atom stereocenters. The highest BCUT2D eigenvalue weighted by Gasteiger charge is 2.11. The van der Waals surface area contributed by atoms with E-state index in [-0.39, 0.29) is 5.91 Å². The van der Waals surface area contributed by atoms with Gasteiger partial charge in [-0.15, -0.1) is 0 Å². The van der Waals surface area contributed by atoms with E-state index in [4.69, 9.17) is 27.4 Å². The Morgan fingerprint density at radius 3 is 2.50 bits per heavy atom. The van der Waals surface area contributed by atoms with E-state index in [2.05, 4.69) is 5.32 Å². The maximum absolute atomic E-state index is 12.0. The molecule has 1 aromatic rings. The van der Waals surface area contributed by atoms with Crippen molar-refractivity contribution in [2.24, 2.45) is 5.73 Å². The summed E-state index contributed by atoms with van der Waals surface area (Å²) in [6.45, 7) is 5.24. The molecule has 0 aliphatic rings. The second-order valence-electron chi connectivity index (χ2n) is 4.00. The highest BCUT2D eigenvalue weighted by atomic mass is 32.1. The number of nitrogens with one attached hydrogen (secondary N) is 1. The van der Waals surface area contributed by atoms with Gasteiger partial charge in [-0.1, -0.05) is 12.2 Å². The zero-order valence-electron chi connectivity index (χ0n) is 11.8. The average Bonchev–Trinajstić information content (AvgIpc) is 2.40. The summed E-state index contributed by atoms with van der Waals surface area (Å²) >= 11 is 4.76. The highest BCUT2D eigenvalue weighted by Crippen LogP contribution is 2.28. The number of carbonyl (C=O) groups is 1. The Bertz CT molecular complexity index is 477. The molecule has 0 heterocycles. The number of thiocarbonyl (C=S) groups is 1. The SMILES string of the molecule is CCOc1ccc(C(=O)NCCC(N)=S)cc1OCC. The monoisotopic (exact) mass is 296 g/mol. The number of carbonyl (C=O) groups excluding carboxylic acids is 1. The Hall–Kier alpha value is -1.82. The van der Waals surface area contributed by atoms with Crippen LogP contribution in [0.4, 0.5) is 0 Å². The van der Waals surface area contributed by atoms with Crippen molar-refractivity contribution < 1.29 is 14.3 Å². The van der Waals surface area contributed by atoms with Crippen molar-refractivity contribution in [3.63, 3.8) is 0 Å². The molecule has 1 aromatic carbocycles. The van der Waals surface area contributed by atoms with Crippen molar-refractivity contribution in [2.45, 2.75) is 20.3 Å². The van der Waals surface area contributed by atoms with E-state index in [0.29, 0.717) is 48.2 Å². The normalized spacial score (nSPS) is 9.90. The third kappa shape index (κ3) is 5.05. The summed E-state index contributed by atoms with van der Waals surface area (Å²) in [6, 6.07) is 5.10. The molecule has 110 valence electrons. The zero-order valence-corrected chi connectivity index (χ0v) is 12.6. The largest absolute Gasteiger partial charge is 0.490 e. The minimum Gasteiger partial charge on any atom is -0.490 e. The Balaban J connectivity index is 2.76.